The fourth-order valence-electron chi connectivity index (χ4n) is 2.99. The van der Waals surface area contributed by atoms with Crippen LogP contribution in [0.3, 0.4) is 0 Å². The Morgan fingerprint density at radius 1 is 1.23 bits per heavy atom. The molecular formula is C20H22N2O2S2. The predicted molar refractivity (Wildman–Crippen MR) is 111 cm³/mol. The van der Waals surface area contributed by atoms with E-state index in [1.165, 1.54) is 11.3 Å². The molecule has 4 nitrogen and oxygen atoms in total. The molecule has 6 heteroatoms. The number of nitrogens with one attached hydrogen (secondary N) is 1. The van der Waals surface area contributed by atoms with Crippen molar-refractivity contribution < 1.29 is 9.00 Å². The maximum Gasteiger partial charge on any atom is 0.261 e. The van der Waals surface area contributed by atoms with Crippen LogP contribution >= 0.6 is 11.3 Å². The molecule has 3 aromatic rings. The monoisotopic (exact) mass is 386 g/mol. The van der Waals surface area contributed by atoms with Crippen molar-refractivity contribution in [3.8, 4) is 0 Å². The van der Waals surface area contributed by atoms with Crippen molar-refractivity contribution in [2.75, 3.05) is 6.26 Å². The van der Waals surface area contributed by atoms with Gasteiger partial charge in [0.15, 0.2) is 0 Å². The number of carbonyl (C=O) groups is 1. The van der Waals surface area contributed by atoms with E-state index >= 15 is 0 Å². The molecule has 0 saturated heterocycles. The number of pyridine rings is 1. The summed E-state index contributed by atoms with van der Waals surface area (Å²) in [5.74, 6) is 3.59. The highest BCUT2D eigenvalue weighted by Crippen LogP contribution is 2.32. The molecule has 1 aromatic carbocycles. The predicted octanol–water partition coefficient (Wildman–Crippen LogP) is 3.86. The molecule has 1 amide bonds. The second kappa shape index (κ2) is 6.85. The second-order valence-corrected chi connectivity index (χ2v) is 10.1. The number of hydrogen-bond acceptors (Lipinski definition) is 4. The smallest absolute Gasteiger partial charge is 0.261 e. The molecule has 0 aliphatic rings. The Bertz CT molecular complexity index is 1100. The Labute approximate surface area is 158 Å². The lowest BCUT2D eigenvalue weighted by Crippen LogP contribution is -2.22. The zero-order chi connectivity index (χ0) is 19.1. The van der Waals surface area contributed by atoms with Crippen molar-refractivity contribution >= 4 is 42.9 Å². The number of amides is 1. The molecule has 0 radical (unpaired) electrons. The van der Waals surface area contributed by atoms with Gasteiger partial charge in [-0.25, -0.2) is 4.98 Å². The molecule has 136 valence electrons. The molecule has 3 rings (SSSR count). The number of aryl methyl sites for hydroxylation is 3. The van der Waals surface area contributed by atoms with Crippen LogP contribution in [0.5, 0.6) is 0 Å². The van der Waals surface area contributed by atoms with Crippen molar-refractivity contribution in [3.05, 3.63) is 57.6 Å². The molecule has 2 heterocycles. The molecule has 0 saturated carbocycles. The topological polar surface area (TPSA) is 59.1 Å². The van der Waals surface area contributed by atoms with Gasteiger partial charge in [-0.2, -0.15) is 0 Å². The van der Waals surface area contributed by atoms with E-state index in [0.717, 1.165) is 32.6 Å². The van der Waals surface area contributed by atoms with Gasteiger partial charge < -0.3 is 5.32 Å². The molecule has 0 spiro atoms. The van der Waals surface area contributed by atoms with Crippen LogP contribution in [0.2, 0.25) is 0 Å². The minimum Gasteiger partial charge on any atom is -0.347 e. The molecule has 2 aromatic heterocycles. The number of thiophene rings is 1. The first-order valence-electron chi connectivity index (χ1n) is 8.23. The number of rotatable bonds is 4. The summed E-state index contributed by atoms with van der Waals surface area (Å²) < 4.78 is 11.9. The number of nitrogens with zero attached hydrogens (tertiary/aromatic N) is 1. The summed E-state index contributed by atoms with van der Waals surface area (Å²) in [4.78, 5) is 19.5. The maximum absolute atomic E-state index is 12.6. The van der Waals surface area contributed by atoms with Gasteiger partial charge in [-0.3, -0.25) is 9.00 Å². The van der Waals surface area contributed by atoms with E-state index in [0.29, 0.717) is 16.3 Å². The third-order valence-corrected chi connectivity index (χ3v) is 6.76. The van der Waals surface area contributed by atoms with E-state index in [9.17, 15) is 9.00 Å². The number of hydrogen-bond donors (Lipinski definition) is 1. The van der Waals surface area contributed by atoms with Crippen LogP contribution in [0.25, 0.3) is 10.2 Å². The van der Waals surface area contributed by atoms with Gasteiger partial charge in [-0.1, -0.05) is 12.1 Å². The highest BCUT2D eigenvalue weighted by Gasteiger charge is 2.17. The molecule has 0 aliphatic carbocycles. The lowest BCUT2D eigenvalue weighted by Gasteiger charge is -2.07. The van der Waals surface area contributed by atoms with Crippen molar-refractivity contribution in [1.29, 1.82) is 0 Å². The zero-order valence-corrected chi connectivity index (χ0v) is 17.0. The molecule has 0 bridgehead atoms. The first-order valence-corrected chi connectivity index (χ1v) is 11.2. The Morgan fingerprint density at radius 2 is 1.88 bits per heavy atom. The van der Waals surface area contributed by atoms with Crippen molar-refractivity contribution in [1.82, 2.24) is 10.3 Å². The van der Waals surface area contributed by atoms with Crippen molar-refractivity contribution in [2.24, 2.45) is 0 Å². The van der Waals surface area contributed by atoms with E-state index in [-0.39, 0.29) is 5.91 Å². The van der Waals surface area contributed by atoms with Crippen LogP contribution in [-0.4, -0.2) is 27.2 Å². The van der Waals surface area contributed by atoms with Crippen LogP contribution in [0, 0.1) is 20.8 Å². The summed E-state index contributed by atoms with van der Waals surface area (Å²) in [6.07, 6.45) is 1.62. The normalized spacial score (nSPS) is 13.5. The minimum absolute atomic E-state index is 0.0944. The maximum atomic E-state index is 12.6. The third kappa shape index (κ3) is 3.66. The molecule has 26 heavy (non-hydrogen) atoms. The number of carbonyl (C=O) groups excluding carboxylic acids is 1. The van der Waals surface area contributed by atoms with Crippen LogP contribution in [-0.2, 0) is 16.1 Å². The van der Waals surface area contributed by atoms with Gasteiger partial charge >= 0.3 is 0 Å². The highest BCUT2D eigenvalue weighted by atomic mass is 32.2. The fraction of sp³-hybridized carbons (Fsp3) is 0.250. The standard InChI is InChI=1S/C20H22N2O2S2/c1-12-10-13(2)22-20-17(12)14(3)18(25-20)19(23)21-11-15-6-8-16(9-7-15)26(4,5)24/h6-10H,4,11H2,1-3,5H3,(H,21,23). The number of aromatic nitrogens is 1. The van der Waals surface area contributed by atoms with E-state index in [4.69, 9.17) is 0 Å². The Hall–Kier alpha value is -2.18. The van der Waals surface area contributed by atoms with E-state index in [2.05, 4.69) is 16.2 Å². The molecule has 0 fully saturated rings. The van der Waals surface area contributed by atoms with Crippen LogP contribution in [0.1, 0.15) is 32.1 Å². The first-order chi connectivity index (χ1) is 12.2. The van der Waals surface area contributed by atoms with Gasteiger partial charge in [0, 0.05) is 28.8 Å². The summed E-state index contributed by atoms with van der Waals surface area (Å²) in [6.45, 7) is 6.40. The largest absolute Gasteiger partial charge is 0.347 e. The minimum atomic E-state index is -2.21. The summed E-state index contributed by atoms with van der Waals surface area (Å²) in [5, 5.41) is 4.04. The summed E-state index contributed by atoms with van der Waals surface area (Å²) in [5.41, 5.74) is 4.04. The molecule has 1 N–H and O–H groups in total. The van der Waals surface area contributed by atoms with Gasteiger partial charge in [-0.15, -0.1) is 11.3 Å². The molecule has 0 aliphatic heterocycles. The molecule has 1 unspecified atom stereocenters. The average Bonchev–Trinajstić information content (AvgIpc) is 2.89. The summed E-state index contributed by atoms with van der Waals surface area (Å²) >= 11 is 1.43. The lowest BCUT2D eigenvalue weighted by atomic mass is 10.1. The highest BCUT2D eigenvalue weighted by molar-refractivity contribution is 7.99. The fourth-order valence-corrected chi connectivity index (χ4v) is 4.92. The summed E-state index contributed by atoms with van der Waals surface area (Å²) in [6, 6.07) is 9.39. The zero-order valence-electron chi connectivity index (χ0n) is 15.4. The van der Waals surface area contributed by atoms with Crippen molar-refractivity contribution in [2.45, 2.75) is 32.2 Å². The second-order valence-electron chi connectivity index (χ2n) is 6.65. The van der Waals surface area contributed by atoms with Gasteiger partial charge in [0.25, 0.3) is 5.91 Å². The Balaban J connectivity index is 1.79. The number of fused-ring (bicyclic) bond motifs is 1. The van der Waals surface area contributed by atoms with Crippen LogP contribution in [0.4, 0.5) is 0 Å². The Morgan fingerprint density at radius 3 is 2.50 bits per heavy atom. The SMILES string of the molecule is C=S(C)(=O)c1ccc(CNC(=O)c2sc3nc(C)cc(C)c3c2C)cc1. The van der Waals surface area contributed by atoms with Crippen LogP contribution < -0.4 is 5.32 Å². The van der Waals surface area contributed by atoms with Gasteiger partial charge in [-0.05, 0) is 71.1 Å². The number of benzene rings is 1. The lowest BCUT2D eigenvalue weighted by molar-refractivity contribution is 0.0954. The first kappa shape index (κ1) is 18.6. The van der Waals surface area contributed by atoms with E-state index in [1.54, 1.807) is 18.4 Å². The van der Waals surface area contributed by atoms with Gasteiger partial charge in [0.2, 0.25) is 0 Å². The average molecular weight is 387 g/mol. The van der Waals surface area contributed by atoms with Crippen LogP contribution in [0.15, 0.2) is 35.2 Å². The quantitative estimate of drug-likeness (QED) is 0.693. The molecular weight excluding hydrogens is 364 g/mol. The third-order valence-electron chi connectivity index (χ3n) is 4.31. The summed E-state index contributed by atoms with van der Waals surface area (Å²) in [7, 11) is -2.21. The molecule has 1 atom stereocenters. The van der Waals surface area contributed by atoms with Crippen molar-refractivity contribution in [3.63, 3.8) is 0 Å². The van der Waals surface area contributed by atoms with Gasteiger partial charge in [0.05, 0.1) is 4.88 Å². The Kier molecular flexibility index (Phi) is 4.90. The van der Waals surface area contributed by atoms with E-state index < -0.39 is 9.52 Å². The van der Waals surface area contributed by atoms with E-state index in [1.807, 2.05) is 39.0 Å². The van der Waals surface area contributed by atoms with Gasteiger partial charge in [0.1, 0.15) is 4.83 Å².